The summed E-state index contributed by atoms with van der Waals surface area (Å²) in [5.74, 6) is 0.163. The molecule has 1 aliphatic heterocycles. The van der Waals surface area contributed by atoms with Crippen molar-refractivity contribution in [1.82, 2.24) is 0 Å². The first kappa shape index (κ1) is 16.5. The van der Waals surface area contributed by atoms with Gasteiger partial charge in [-0.2, -0.15) is 0 Å². The molecular formula is C22H19Cl2N. The third kappa shape index (κ3) is 3.53. The predicted octanol–water partition coefficient (Wildman–Crippen LogP) is 6.38. The van der Waals surface area contributed by atoms with Crippen LogP contribution in [0.4, 0.5) is 5.69 Å². The Hall–Kier alpha value is -1.96. The number of hydrogen-bond acceptors (Lipinski definition) is 1. The van der Waals surface area contributed by atoms with Crippen LogP contribution in [0.3, 0.4) is 0 Å². The Morgan fingerprint density at radius 3 is 1.72 bits per heavy atom. The van der Waals surface area contributed by atoms with Gasteiger partial charge in [0.25, 0.3) is 0 Å². The molecule has 1 saturated heterocycles. The first-order chi connectivity index (χ1) is 12.2. The molecule has 0 unspecified atom stereocenters. The maximum Gasteiger partial charge on any atom is 0.0406 e. The largest absolute Gasteiger partial charge is 0.371 e. The second kappa shape index (κ2) is 7.11. The number of hydrogen-bond donors (Lipinski definition) is 0. The maximum atomic E-state index is 6.10. The Labute approximate surface area is 158 Å². The fourth-order valence-electron chi connectivity index (χ4n) is 3.36. The zero-order valence-corrected chi connectivity index (χ0v) is 15.3. The average molecular weight is 368 g/mol. The lowest BCUT2D eigenvalue weighted by molar-refractivity contribution is 0.617. The molecule has 0 radical (unpaired) electrons. The van der Waals surface area contributed by atoms with E-state index in [1.165, 1.54) is 28.8 Å². The molecule has 3 heteroatoms. The molecule has 0 amide bonds. The highest BCUT2D eigenvalue weighted by atomic mass is 35.5. The molecule has 0 spiro atoms. The van der Waals surface area contributed by atoms with Crippen molar-refractivity contribution in [1.29, 1.82) is 0 Å². The van der Waals surface area contributed by atoms with Crippen molar-refractivity contribution in [2.75, 3.05) is 18.0 Å². The van der Waals surface area contributed by atoms with E-state index < -0.39 is 0 Å². The van der Waals surface area contributed by atoms with E-state index >= 15 is 0 Å². The summed E-state index contributed by atoms with van der Waals surface area (Å²) in [4.78, 5) is 2.42. The van der Waals surface area contributed by atoms with E-state index in [2.05, 4.69) is 53.4 Å². The molecular weight excluding hydrogens is 349 g/mol. The average Bonchev–Trinajstić information content (AvgIpc) is 2.57. The molecule has 0 saturated carbocycles. The number of anilines is 1. The molecule has 0 N–H and O–H groups in total. The van der Waals surface area contributed by atoms with E-state index in [1.54, 1.807) is 0 Å². The summed E-state index contributed by atoms with van der Waals surface area (Å²) in [5, 5.41) is 1.51. The van der Waals surface area contributed by atoms with Gasteiger partial charge in [-0.3, -0.25) is 0 Å². The molecule has 25 heavy (non-hydrogen) atoms. The monoisotopic (exact) mass is 367 g/mol. The summed E-state index contributed by atoms with van der Waals surface area (Å²) >= 11 is 12.2. The van der Waals surface area contributed by atoms with Crippen LogP contribution in [0.1, 0.15) is 29.0 Å². The van der Waals surface area contributed by atoms with Gasteiger partial charge in [-0.1, -0.05) is 59.6 Å². The summed E-state index contributed by atoms with van der Waals surface area (Å²) in [6.07, 6.45) is 1.28. The topological polar surface area (TPSA) is 3.24 Å². The smallest absolute Gasteiger partial charge is 0.0406 e. The van der Waals surface area contributed by atoms with E-state index in [4.69, 9.17) is 23.2 Å². The minimum Gasteiger partial charge on any atom is -0.371 e. The molecule has 1 fully saturated rings. The lowest BCUT2D eigenvalue weighted by atomic mass is 9.85. The Bertz CT molecular complexity index is 806. The molecule has 0 bridgehead atoms. The van der Waals surface area contributed by atoms with Gasteiger partial charge in [-0.05, 0) is 59.5 Å². The molecule has 0 aliphatic carbocycles. The first-order valence-electron chi connectivity index (χ1n) is 8.56. The van der Waals surface area contributed by atoms with Crippen molar-refractivity contribution in [2.45, 2.75) is 12.3 Å². The predicted molar refractivity (Wildman–Crippen MR) is 107 cm³/mol. The lowest BCUT2D eigenvalue weighted by Gasteiger charge is -2.34. The molecule has 3 aromatic rings. The number of nitrogens with zero attached hydrogens (tertiary/aromatic N) is 1. The maximum absolute atomic E-state index is 6.10. The zero-order chi connectivity index (χ0) is 17.2. The number of rotatable bonds is 4. The molecule has 126 valence electrons. The quantitative estimate of drug-likeness (QED) is 0.483. The SMILES string of the molecule is Clc1ccc(C(c2ccc(Cl)cc2)c2cccc(N3CCC3)c2)cc1. The highest BCUT2D eigenvalue weighted by molar-refractivity contribution is 6.30. The van der Waals surface area contributed by atoms with Crippen molar-refractivity contribution < 1.29 is 0 Å². The van der Waals surface area contributed by atoms with Crippen molar-refractivity contribution in [2.24, 2.45) is 0 Å². The van der Waals surface area contributed by atoms with E-state index in [1.807, 2.05) is 24.3 Å². The minimum absolute atomic E-state index is 0.163. The van der Waals surface area contributed by atoms with Crippen LogP contribution < -0.4 is 4.90 Å². The summed E-state index contributed by atoms with van der Waals surface area (Å²) in [5.41, 5.74) is 5.05. The second-order valence-electron chi connectivity index (χ2n) is 6.47. The first-order valence-corrected chi connectivity index (χ1v) is 9.32. The van der Waals surface area contributed by atoms with Crippen LogP contribution in [0.25, 0.3) is 0 Å². The van der Waals surface area contributed by atoms with Gasteiger partial charge in [-0.15, -0.1) is 0 Å². The zero-order valence-electron chi connectivity index (χ0n) is 13.8. The van der Waals surface area contributed by atoms with Gasteiger partial charge in [0.15, 0.2) is 0 Å². The van der Waals surface area contributed by atoms with Crippen LogP contribution >= 0.6 is 23.2 Å². The Kier molecular flexibility index (Phi) is 4.70. The Morgan fingerprint density at radius 2 is 1.24 bits per heavy atom. The molecule has 1 heterocycles. The van der Waals surface area contributed by atoms with Crippen LogP contribution in [-0.2, 0) is 0 Å². The van der Waals surface area contributed by atoms with Gasteiger partial charge < -0.3 is 4.90 Å². The standard InChI is InChI=1S/C22H19Cl2N/c23-19-9-5-16(6-10-19)22(17-7-11-20(24)12-8-17)18-3-1-4-21(15-18)25-13-2-14-25/h1,3-12,15,22H,2,13-14H2. The van der Waals surface area contributed by atoms with E-state index in [9.17, 15) is 0 Å². The summed E-state index contributed by atoms with van der Waals surface area (Å²) < 4.78 is 0. The molecule has 3 aromatic carbocycles. The summed E-state index contributed by atoms with van der Waals surface area (Å²) in [6.45, 7) is 2.30. The third-order valence-electron chi connectivity index (χ3n) is 4.83. The van der Waals surface area contributed by atoms with Crippen molar-refractivity contribution in [3.63, 3.8) is 0 Å². The van der Waals surface area contributed by atoms with Gasteiger partial charge >= 0.3 is 0 Å². The minimum atomic E-state index is 0.163. The highest BCUT2D eigenvalue weighted by Gasteiger charge is 2.20. The van der Waals surface area contributed by atoms with Crippen LogP contribution in [0.2, 0.25) is 10.0 Å². The van der Waals surface area contributed by atoms with Gasteiger partial charge in [-0.25, -0.2) is 0 Å². The van der Waals surface area contributed by atoms with Gasteiger partial charge in [0.2, 0.25) is 0 Å². The van der Waals surface area contributed by atoms with Crippen LogP contribution in [0.5, 0.6) is 0 Å². The van der Waals surface area contributed by atoms with Crippen LogP contribution in [-0.4, -0.2) is 13.1 Å². The van der Waals surface area contributed by atoms with Gasteiger partial charge in [0.1, 0.15) is 0 Å². The summed E-state index contributed by atoms with van der Waals surface area (Å²) in [6, 6.07) is 25.1. The van der Waals surface area contributed by atoms with Crippen molar-refractivity contribution >= 4 is 28.9 Å². The lowest BCUT2D eigenvalue weighted by Crippen LogP contribution is -2.36. The Balaban J connectivity index is 1.79. The molecule has 4 rings (SSSR count). The molecule has 0 aromatic heterocycles. The van der Waals surface area contributed by atoms with Crippen molar-refractivity contribution in [3.05, 3.63) is 99.5 Å². The summed E-state index contributed by atoms with van der Waals surface area (Å²) in [7, 11) is 0. The third-order valence-corrected chi connectivity index (χ3v) is 5.34. The highest BCUT2D eigenvalue weighted by Crippen LogP contribution is 2.35. The van der Waals surface area contributed by atoms with Crippen molar-refractivity contribution in [3.8, 4) is 0 Å². The Morgan fingerprint density at radius 1 is 0.680 bits per heavy atom. The number of halogens is 2. The van der Waals surface area contributed by atoms with E-state index in [0.29, 0.717) is 0 Å². The fraction of sp³-hybridized carbons (Fsp3) is 0.182. The van der Waals surface area contributed by atoms with Gasteiger partial charge in [0.05, 0.1) is 0 Å². The van der Waals surface area contributed by atoms with Crippen LogP contribution in [0, 0.1) is 0 Å². The fourth-order valence-corrected chi connectivity index (χ4v) is 3.62. The second-order valence-corrected chi connectivity index (χ2v) is 7.34. The van der Waals surface area contributed by atoms with E-state index in [0.717, 1.165) is 23.1 Å². The normalized spacial score (nSPS) is 13.8. The molecule has 1 nitrogen and oxygen atoms in total. The van der Waals surface area contributed by atoms with Crippen LogP contribution in [0.15, 0.2) is 72.8 Å². The number of benzene rings is 3. The molecule has 1 aliphatic rings. The van der Waals surface area contributed by atoms with Gasteiger partial charge in [0, 0.05) is 34.7 Å². The van der Waals surface area contributed by atoms with E-state index in [-0.39, 0.29) is 5.92 Å². The molecule has 0 atom stereocenters.